The number of halogens is 1. The van der Waals surface area contributed by atoms with E-state index in [4.69, 9.17) is 4.74 Å². The molecule has 0 fully saturated rings. The Balaban J connectivity index is 2.22. The van der Waals surface area contributed by atoms with Gasteiger partial charge in [0.1, 0.15) is 17.4 Å². The normalized spacial score (nSPS) is 10.1. The van der Waals surface area contributed by atoms with E-state index in [0.29, 0.717) is 11.4 Å². The molecule has 5 heteroatoms. The summed E-state index contributed by atoms with van der Waals surface area (Å²) in [6, 6.07) is 8.16. The fourth-order valence-corrected chi connectivity index (χ4v) is 1.67. The molecule has 2 aromatic rings. The fraction of sp³-hybridized carbons (Fsp3) is 0.214. The molecule has 0 atom stereocenters. The largest absolute Gasteiger partial charge is 0.497 e. The van der Waals surface area contributed by atoms with Crippen LogP contribution in [0.5, 0.6) is 5.75 Å². The Morgan fingerprint density at radius 1 is 1.26 bits per heavy atom. The van der Waals surface area contributed by atoms with Gasteiger partial charge in [0.2, 0.25) is 0 Å². The van der Waals surface area contributed by atoms with Crippen LogP contribution in [-0.2, 0) is 0 Å². The van der Waals surface area contributed by atoms with Crippen molar-refractivity contribution in [3.8, 4) is 5.75 Å². The number of nitrogens with zero attached hydrogens (tertiary/aromatic N) is 1. The van der Waals surface area contributed by atoms with Gasteiger partial charge in [0.15, 0.2) is 0 Å². The van der Waals surface area contributed by atoms with Crippen molar-refractivity contribution >= 4 is 17.2 Å². The Hall–Kier alpha value is -2.30. The van der Waals surface area contributed by atoms with Crippen LogP contribution in [-0.4, -0.2) is 18.6 Å². The van der Waals surface area contributed by atoms with Gasteiger partial charge in [-0.15, -0.1) is 0 Å². The number of pyridine rings is 1. The molecule has 2 N–H and O–H groups in total. The van der Waals surface area contributed by atoms with E-state index in [1.54, 1.807) is 31.5 Å². The highest BCUT2D eigenvalue weighted by Crippen LogP contribution is 2.25. The first kappa shape index (κ1) is 13.1. The van der Waals surface area contributed by atoms with Gasteiger partial charge in [-0.2, -0.15) is 0 Å². The second-order valence-corrected chi connectivity index (χ2v) is 3.93. The number of ether oxygens (including phenoxy) is 1. The number of aromatic nitrogens is 1. The van der Waals surface area contributed by atoms with Gasteiger partial charge in [-0.05, 0) is 25.1 Å². The molecule has 100 valence electrons. The zero-order valence-corrected chi connectivity index (χ0v) is 10.9. The number of rotatable bonds is 5. The molecule has 2 rings (SSSR count). The molecule has 0 aliphatic rings. The van der Waals surface area contributed by atoms with Gasteiger partial charge in [-0.25, -0.2) is 9.37 Å². The maximum absolute atomic E-state index is 13.7. The summed E-state index contributed by atoms with van der Waals surface area (Å²) in [6.45, 7) is 2.77. The van der Waals surface area contributed by atoms with Crippen molar-refractivity contribution in [1.82, 2.24) is 4.98 Å². The zero-order chi connectivity index (χ0) is 13.7. The highest BCUT2D eigenvalue weighted by molar-refractivity contribution is 5.64. The second kappa shape index (κ2) is 6.04. The average molecular weight is 261 g/mol. The van der Waals surface area contributed by atoms with E-state index in [0.717, 1.165) is 18.1 Å². The third-order valence-electron chi connectivity index (χ3n) is 2.57. The fourth-order valence-electron chi connectivity index (χ4n) is 1.67. The van der Waals surface area contributed by atoms with Crippen molar-refractivity contribution in [2.24, 2.45) is 0 Å². The summed E-state index contributed by atoms with van der Waals surface area (Å²) >= 11 is 0. The Morgan fingerprint density at radius 2 is 2.11 bits per heavy atom. The van der Waals surface area contributed by atoms with E-state index >= 15 is 0 Å². The Kier molecular flexibility index (Phi) is 4.18. The minimum atomic E-state index is -0.331. The molecule has 0 bridgehead atoms. The molecular weight excluding hydrogens is 245 g/mol. The molecule has 0 aliphatic carbocycles. The number of hydrogen-bond donors (Lipinski definition) is 2. The summed E-state index contributed by atoms with van der Waals surface area (Å²) in [5, 5.41) is 6.11. The second-order valence-electron chi connectivity index (χ2n) is 3.93. The van der Waals surface area contributed by atoms with Crippen LogP contribution in [0.15, 0.2) is 36.5 Å². The molecule has 0 amide bonds. The van der Waals surface area contributed by atoms with Crippen LogP contribution in [0.25, 0.3) is 0 Å². The summed E-state index contributed by atoms with van der Waals surface area (Å²) in [5.41, 5.74) is 1.13. The smallest absolute Gasteiger partial charge is 0.146 e. The highest BCUT2D eigenvalue weighted by Gasteiger charge is 2.05. The molecule has 0 saturated carbocycles. The lowest BCUT2D eigenvalue weighted by atomic mass is 10.2. The molecule has 0 spiro atoms. The molecule has 0 aliphatic heterocycles. The number of anilines is 3. The van der Waals surface area contributed by atoms with Gasteiger partial charge in [0.05, 0.1) is 12.8 Å². The maximum atomic E-state index is 13.7. The SMILES string of the molecule is CCNc1cc(Nc2cc(OC)ccc2F)ccn1. The summed E-state index contributed by atoms with van der Waals surface area (Å²) in [4.78, 5) is 4.16. The molecule has 1 aromatic carbocycles. The van der Waals surface area contributed by atoms with Crippen molar-refractivity contribution < 1.29 is 9.13 Å². The minimum absolute atomic E-state index is 0.331. The first-order valence-electron chi connectivity index (χ1n) is 6.03. The quantitative estimate of drug-likeness (QED) is 0.866. The van der Waals surface area contributed by atoms with E-state index in [2.05, 4.69) is 15.6 Å². The molecule has 0 unspecified atom stereocenters. The number of nitrogens with one attached hydrogen (secondary N) is 2. The van der Waals surface area contributed by atoms with Gasteiger partial charge in [-0.3, -0.25) is 0 Å². The van der Waals surface area contributed by atoms with Crippen molar-refractivity contribution in [3.05, 3.63) is 42.3 Å². The van der Waals surface area contributed by atoms with E-state index < -0.39 is 0 Å². The molecular formula is C14H16FN3O. The lowest BCUT2D eigenvalue weighted by Gasteiger charge is -2.10. The van der Waals surface area contributed by atoms with Crippen LogP contribution in [0.1, 0.15) is 6.92 Å². The average Bonchev–Trinajstić information content (AvgIpc) is 2.42. The maximum Gasteiger partial charge on any atom is 0.146 e. The molecule has 0 saturated heterocycles. The first-order valence-corrected chi connectivity index (χ1v) is 6.03. The number of benzene rings is 1. The molecule has 19 heavy (non-hydrogen) atoms. The Bertz CT molecular complexity index is 560. The van der Waals surface area contributed by atoms with E-state index in [-0.39, 0.29) is 5.82 Å². The van der Waals surface area contributed by atoms with Gasteiger partial charge < -0.3 is 15.4 Å². The third kappa shape index (κ3) is 3.34. The zero-order valence-electron chi connectivity index (χ0n) is 10.9. The summed E-state index contributed by atoms with van der Waals surface area (Å²) in [5.74, 6) is 1.02. The van der Waals surface area contributed by atoms with Crippen LogP contribution in [0.4, 0.5) is 21.6 Å². The van der Waals surface area contributed by atoms with Crippen LogP contribution < -0.4 is 15.4 Å². The molecule has 0 radical (unpaired) electrons. The van der Waals surface area contributed by atoms with Crippen molar-refractivity contribution in [2.75, 3.05) is 24.3 Å². The third-order valence-corrected chi connectivity index (χ3v) is 2.57. The van der Waals surface area contributed by atoms with Crippen molar-refractivity contribution in [1.29, 1.82) is 0 Å². The van der Waals surface area contributed by atoms with Crippen molar-refractivity contribution in [3.63, 3.8) is 0 Å². The van der Waals surface area contributed by atoms with Crippen LogP contribution >= 0.6 is 0 Å². The lowest BCUT2D eigenvalue weighted by Crippen LogP contribution is -2.00. The topological polar surface area (TPSA) is 46.2 Å². The number of hydrogen-bond acceptors (Lipinski definition) is 4. The molecule has 4 nitrogen and oxygen atoms in total. The minimum Gasteiger partial charge on any atom is -0.497 e. The van der Waals surface area contributed by atoms with Crippen molar-refractivity contribution in [2.45, 2.75) is 6.92 Å². The van der Waals surface area contributed by atoms with E-state index in [9.17, 15) is 4.39 Å². The first-order chi connectivity index (χ1) is 9.22. The van der Waals surface area contributed by atoms with Gasteiger partial charge in [0.25, 0.3) is 0 Å². The van der Waals surface area contributed by atoms with Crippen LogP contribution in [0.2, 0.25) is 0 Å². The summed E-state index contributed by atoms with van der Waals surface area (Å²) in [6.07, 6.45) is 1.67. The van der Waals surface area contributed by atoms with Gasteiger partial charge >= 0.3 is 0 Å². The van der Waals surface area contributed by atoms with E-state index in [1.807, 2.05) is 13.0 Å². The summed E-state index contributed by atoms with van der Waals surface area (Å²) < 4.78 is 18.8. The Morgan fingerprint density at radius 3 is 2.84 bits per heavy atom. The van der Waals surface area contributed by atoms with Crippen LogP contribution in [0, 0.1) is 5.82 Å². The molecule has 1 heterocycles. The summed E-state index contributed by atoms with van der Waals surface area (Å²) in [7, 11) is 1.55. The highest BCUT2D eigenvalue weighted by atomic mass is 19.1. The predicted molar refractivity (Wildman–Crippen MR) is 74.6 cm³/mol. The number of methoxy groups -OCH3 is 1. The van der Waals surface area contributed by atoms with Crippen LogP contribution in [0.3, 0.4) is 0 Å². The monoisotopic (exact) mass is 261 g/mol. The standard InChI is InChI=1S/C14H16FN3O/c1-3-16-14-8-10(6-7-17-14)18-13-9-11(19-2)4-5-12(13)15/h4-9H,3H2,1-2H3,(H2,16,17,18). The predicted octanol–water partition coefficient (Wildman–Crippen LogP) is 3.40. The molecule has 1 aromatic heterocycles. The van der Waals surface area contributed by atoms with Gasteiger partial charge in [0, 0.05) is 30.6 Å². The van der Waals surface area contributed by atoms with E-state index in [1.165, 1.54) is 6.07 Å². The Labute approximate surface area is 111 Å². The van der Waals surface area contributed by atoms with Gasteiger partial charge in [-0.1, -0.05) is 0 Å². The lowest BCUT2D eigenvalue weighted by molar-refractivity contribution is 0.414.